The second kappa shape index (κ2) is 7.03. The highest BCUT2D eigenvalue weighted by atomic mass is 32.1. The number of amides is 2. The fraction of sp³-hybridized carbons (Fsp3) is 0.455. The van der Waals surface area contributed by atoms with Gasteiger partial charge in [-0.2, -0.15) is 0 Å². The lowest BCUT2D eigenvalue weighted by atomic mass is 10.3. The maximum atomic E-state index is 11.5. The Morgan fingerprint density at radius 1 is 1.53 bits per heavy atom. The maximum absolute atomic E-state index is 11.5. The molecule has 0 radical (unpaired) electrons. The van der Waals surface area contributed by atoms with Crippen LogP contribution >= 0.6 is 11.3 Å². The van der Waals surface area contributed by atoms with Gasteiger partial charge in [0, 0.05) is 20.0 Å². The molecular weight excluding hydrogens is 240 g/mol. The van der Waals surface area contributed by atoms with Gasteiger partial charge in [-0.1, -0.05) is 6.07 Å². The third-order valence-electron chi connectivity index (χ3n) is 2.22. The summed E-state index contributed by atoms with van der Waals surface area (Å²) in [7, 11) is 3.00. The number of hydroxylamine groups is 2. The van der Waals surface area contributed by atoms with Crippen LogP contribution in [0, 0.1) is 0 Å². The number of thiophene rings is 1. The van der Waals surface area contributed by atoms with E-state index in [0.717, 1.165) is 0 Å². The van der Waals surface area contributed by atoms with E-state index in [1.807, 2.05) is 11.4 Å². The molecule has 5 nitrogen and oxygen atoms in total. The first-order chi connectivity index (χ1) is 8.15. The van der Waals surface area contributed by atoms with Gasteiger partial charge in [0.2, 0.25) is 5.91 Å². The Kier molecular flexibility index (Phi) is 5.65. The van der Waals surface area contributed by atoms with Crippen molar-refractivity contribution >= 4 is 23.2 Å². The topological polar surface area (TPSA) is 58.6 Å². The van der Waals surface area contributed by atoms with Crippen LogP contribution in [0.5, 0.6) is 0 Å². The number of nitrogens with zero attached hydrogens (tertiary/aromatic N) is 1. The first-order valence-electron chi connectivity index (χ1n) is 5.27. The van der Waals surface area contributed by atoms with Crippen molar-refractivity contribution in [1.82, 2.24) is 10.4 Å². The Morgan fingerprint density at radius 3 is 2.88 bits per heavy atom. The van der Waals surface area contributed by atoms with E-state index in [2.05, 4.69) is 5.32 Å². The summed E-state index contributed by atoms with van der Waals surface area (Å²) in [6.45, 7) is 0.486. The number of hydrogen-bond donors (Lipinski definition) is 1. The van der Waals surface area contributed by atoms with Crippen LogP contribution in [0.2, 0.25) is 0 Å². The molecule has 2 amide bonds. The summed E-state index contributed by atoms with van der Waals surface area (Å²) < 4.78 is 0. The molecule has 94 valence electrons. The van der Waals surface area contributed by atoms with Gasteiger partial charge in [0.15, 0.2) is 0 Å². The molecule has 6 heteroatoms. The van der Waals surface area contributed by atoms with Crippen LogP contribution in [0.4, 0.5) is 0 Å². The van der Waals surface area contributed by atoms with Crippen molar-refractivity contribution in [2.24, 2.45) is 0 Å². The quantitative estimate of drug-likeness (QED) is 0.616. The van der Waals surface area contributed by atoms with Crippen LogP contribution in [0.25, 0.3) is 0 Å². The standard InChI is InChI=1S/C11H16N2O3S/c1-13(16-2)10(14)6-3-7-12-11(15)9-5-4-8-17-9/h4-5,8H,3,6-7H2,1-2H3,(H,12,15). The van der Waals surface area contributed by atoms with Gasteiger partial charge < -0.3 is 5.32 Å². The molecule has 1 heterocycles. The average Bonchev–Trinajstić information content (AvgIpc) is 2.86. The lowest BCUT2D eigenvalue weighted by Gasteiger charge is -2.13. The predicted octanol–water partition coefficient (Wildman–Crippen LogP) is 1.28. The monoisotopic (exact) mass is 256 g/mol. The Hall–Kier alpha value is -1.40. The smallest absolute Gasteiger partial charge is 0.261 e. The van der Waals surface area contributed by atoms with Crippen molar-refractivity contribution in [3.05, 3.63) is 22.4 Å². The number of carbonyl (C=O) groups is 2. The second-order valence-corrected chi connectivity index (χ2v) is 4.36. The van der Waals surface area contributed by atoms with Gasteiger partial charge in [0.05, 0.1) is 12.0 Å². The predicted molar refractivity (Wildman–Crippen MR) is 65.7 cm³/mol. The second-order valence-electron chi connectivity index (χ2n) is 3.41. The minimum Gasteiger partial charge on any atom is -0.351 e. The van der Waals surface area contributed by atoms with E-state index in [-0.39, 0.29) is 11.8 Å². The molecule has 0 saturated heterocycles. The Balaban J connectivity index is 2.16. The van der Waals surface area contributed by atoms with Crippen LogP contribution in [0.15, 0.2) is 17.5 Å². The molecule has 0 unspecified atom stereocenters. The fourth-order valence-electron chi connectivity index (χ4n) is 1.20. The zero-order chi connectivity index (χ0) is 12.7. The Bertz CT molecular complexity index is 365. The lowest BCUT2D eigenvalue weighted by Crippen LogP contribution is -2.28. The van der Waals surface area contributed by atoms with Crippen LogP contribution in [0.3, 0.4) is 0 Å². The molecule has 0 fully saturated rings. The normalized spacial score (nSPS) is 10.0. The summed E-state index contributed by atoms with van der Waals surface area (Å²) in [5.41, 5.74) is 0. The molecule has 0 aliphatic heterocycles. The number of rotatable bonds is 6. The van der Waals surface area contributed by atoms with Gasteiger partial charge in [0.1, 0.15) is 0 Å². The van der Waals surface area contributed by atoms with Gasteiger partial charge >= 0.3 is 0 Å². The van der Waals surface area contributed by atoms with Crippen molar-refractivity contribution < 1.29 is 14.4 Å². The van der Waals surface area contributed by atoms with Gasteiger partial charge in [0.25, 0.3) is 5.91 Å². The van der Waals surface area contributed by atoms with Gasteiger partial charge in [-0.05, 0) is 17.9 Å². The summed E-state index contributed by atoms with van der Waals surface area (Å²) >= 11 is 1.40. The Morgan fingerprint density at radius 2 is 2.29 bits per heavy atom. The first kappa shape index (κ1) is 13.7. The molecule has 1 aromatic heterocycles. The molecular formula is C11H16N2O3S. The average molecular weight is 256 g/mol. The number of hydrogen-bond acceptors (Lipinski definition) is 4. The minimum absolute atomic E-state index is 0.0902. The van der Waals surface area contributed by atoms with Crippen LogP contribution in [-0.4, -0.2) is 37.6 Å². The molecule has 0 spiro atoms. The number of carbonyl (C=O) groups excluding carboxylic acids is 2. The van der Waals surface area contributed by atoms with Crippen molar-refractivity contribution in [3.8, 4) is 0 Å². The minimum atomic E-state index is -0.0992. The third-order valence-corrected chi connectivity index (χ3v) is 3.09. The molecule has 1 aromatic rings. The van der Waals surface area contributed by atoms with E-state index in [9.17, 15) is 9.59 Å². The van der Waals surface area contributed by atoms with E-state index < -0.39 is 0 Å². The first-order valence-corrected chi connectivity index (χ1v) is 6.15. The molecule has 0 bridgehead atoms. The van der Waals surface area contributed by atoms with E-state index >= 15 is 0 Å². The molecule has 17 heavy (non-hydrogen) atoms. The molecule has 0 atom stereocenters. The van der Waals surface area contributed by atoms with Crippen molar-refractivity contribution in [2.75, 3.05) is 20.7 Å². The summed E-state index contributed by atoms with van der Waals surface area (Å²) in [6, 6.07) is 3.60. The largest absolute Gasteiger partial charge is 0.351 e. The maximum Gasteiger partial charge on any atom is 0.261 e. The van der Waals surface area contributed by atoms with E-state index in [1.165, 1.54) is 23.5 Å². The third kappa shape index (κ3) is 4.54. The molecule has 0 saturated carbocycles. The molecule has 0 aromatic carbocycles. The molecule has 1 N–H and O–H groups in total. The molecule has 0 aliphatic rings. The van der Waals surface area contributed by atoms with Gasteiger partial charge in [-0.15, -0.1) is 11.3 Å². The highest BCUT2D eigenvalue weighted by Crippen LogP contribution is 2.07. The molecule has 1 rings (SSSR count). The van der Waals surface area contributed by atoms with E-state index in [1.54, 1.807) is 13.1 Å². The lowest BCUT2D eigenvalue weighted by molar-refractivity contribution is -0.168. The number of nitrogens with one attached hydrogen (secondary N) is 1. The van der Waals surface area contributed by atoms with Crippen LogP contribution < -0.4 is 5.32 Å². The van der Waals surface area contributed by atoms with E-state index in [0.29, 0.717) is 24.3 Å². The summed E-state index contributed by atoms with van der Waals surface area (Å²) in [5.74, 6) is -0.189. The van der Waals surface area contributed by atoms with Crippen molar-refractivity contribution in [2.45, 2.75) is 12.8 Å². The fourth-order valence-corrected chi connectivity index (χ4v) is 1.84. The SMILES string of the molecule is CON(C)C(=O)CCCNC(=O)c1cccs1. The zero-order valence-electron chi connectivity index (χ0n) is 9.93. The molecule has 0 aliphatic carbocycles. The van der Waals surface area contributed by atoms with Gasteiger partial charge in [-0.3, -0.25) is 14.4 Å². The van der Waals surface area contributed by atoms with Crippen LogP contribution in [0.1, 0.15) is 22.5 Å². The summed E-state index contributed by atoms with van der Waals surface area (Å²) in [5, 5.41) is 5.79. The van der Waals surface area contributed by atoms with E-state index in [4.69, 9.17) is 4.84 Å². The summed E-state index contributed by atoms with van der Waals surface area (Å²) in [4.78, 5) is 28.3. The highest BCUT2D eigenvalue weighted by molar-refractivity contribution is 7.12. The van der Waals surface area contributed by atoms with Gasteiger partial charge in [-0.25, -0.2) is 5.06 Å². The van der Waals surface area contributed by atoms with Crippen molar-refractivity contribution in [3.63, 3.8) is 0 Å². The Labute approximate surface area is 104 Å². The highest BCUT2D eigenvalue weighted by Gasteiger charge is 2.08. The van der Waals surface area contributed by atoms with Crippen LogP contribution in [-0.2, 0) is 9.63 Å². The zero-order valence-corrected chi connectivity index (χ0v) is 10.8. The summed E-state index contributed by atoms with van der Waals surface area (Å²) in [6.07, 6.45) is 0.957. The van der Waals surface area contributed by atoms with Crippen molar-refractivity contribution in [1.29, 1.82) is 0 Å².